The Kier molecular flexibility index (Phi) is 2.61. The second-order valence-electron chi connectivity index (χ2n) is 7.22. The standard InChI is InChI=1S/C15H24O4/c1-9-4-5-11-10(2)8-16-13-15(11)12(9)6-7-14(3,17-13)18-19-15/h9-13H,4-8H2,1-3H3/t9?,10-,11?,12?,13?,14-,15-/m0/s1. The maximum absolute atomic E-state index is 6.16. The summed E-state index contributed by atoms with van der Waals surface area (Å²) in [5.74, 6) is 1.53. The Balaban J connectivity index is 1.81. The van der Waals surface area contributed by atoms with Crippen LogP contribution in [0.15, 0.2) is 0 Å². The number of fused-ring (bicyclic) bond motifs is 2. The third-order valence-corrected chi connectivity index (χ3v) is 5.97. The Bertz CT molecular complexity index is 386. The lowest BCUT2D eigenvalue weighted by molar-refractivity contribution is -0.566. The summed E-state index contributed by atoms with van der Waals surface area (Å²) in [5, 5.41) is 0. The summed E-state index contributed by atoms with van der Waals surface area (Å²) in [7, 11) is 0. The molecule has 1 aliphatic carbocycles. The predicted octanol–water partition coefficient (Wildman–Crippen LogP) is 2.87. The molecule has 0 aromatic rings. The summed E-state index contributed by atoms with van der Waals surface area (Å²) >= 11 is 0. The number of hydrogen-bond acceptors (Lipinski definition) is 4. The molecule has 0 aromatic heterocycles. The number of hydrogen-bond donors (Lipinski definition) is 0. The van der Waals surface area contributed by atoms with E-state index in [2.05, 4.69) is 13.8 Å². The molecule has 108 valence electrons. The molecule has 5 aliphatic rings. The van der Waals surface area contributed by atoms with Crippen LogP contribution < -0.4 is 0 Å². The fourth-order valence-electron chi connectivity index (χ4n) is 4.88. The summed E-state index contributed by atoms with van der Waals surface area (Å²) in [6.45, 7) is 7.36. The zero-order chi connectivity index (χ0) is 13.3. The highest BCUT2D eigenvalue weighted by Gasteiger charge is 2.67. The highest BCUT2D eigenvalue weighted by molar-refractivity contribution is 5.08. The molecule has 0 amide bonds. The molecule has 7 atom stereocenters. The normalized spacial score (nSPS) is 60.5. The second kappa shape index (κ2) is 3.94. The van der Waals surface area contributed by atoms with Crippen molar-refractivity contribution in [2.45, 2.75) is 64.1 Å². The van der Waals surface area contributed by atoms with Gasteiger partial charge in [-0.1, -0.05) is 13.8 Å². The Morgan fingerprint density at radius 2 is 1.74 bits per heavy atom. The van der Waals surface area contributed by atoms with Crippen LogP contribution in [-0.4, -0.2) is 24.3 Å². The van der Waals surface area contributed by atoms with Gasteiger partial charge in [-0.05, 0) is 43.9 Å². The SMILES string of the molecule is CC1CCC2[C@@H](C)COC3O[C@]4(C)CCC1[C@]32OO4. The highest BCUT2D eigenvalue weighted by atomic mass is 17.3. The maximum Gasteiger partial charge on any atom is 0.201 e. The molecular formula is C15H24O4. The van der Waals surface area contributed by atoms with Gasteiger partial charge in [0.05, 0.1) is 6.61 Å². The largest absolute Gasteiger partial charge is 0.349 e. The molecule has 5 fully saturated rings. The molecule has 4 nitrogen and oxygen atoms in total. The molecule has 4 heterocycles. The molecule has 0 N–H and O–H groups in total. The summed E-state index contributed by atoms with van der Waals surface area (Å²) in [4.78, 5) is 11.7. The minimum Gasteiger partial charge on any atom is -0.349 e. The van der Waals surface area contributed by atoms with E-state index in [-0.39, 0.29) is 11.9 Å². The summed E-state index contributed by atoms with van der Waals surface area (Å²) in [5.41, 5.74) is -0.370. The first-order chi connectivity index (χ1) is 9.05. The third-order valence-electron chi connectivity index (χ3n) is 5.97. The average Bonchev–Trinajstić information content (AvgIpc) is 2.61. The molecule has 2 bridgehead atoms. The summed E-state index contributed by atoms with van der Waals surface area (Å²) in [6.07, 6.45) is 4.24. The topological polar surface area (TPSA) is 36.9 Å². The van der Waals surface area contributed by atoms with Gasteiger partial charge in [-0.25, -0.2) is 9.78 Å². The van der Waals surface area contributed by atoms with Crippen LogP contribution in [0.4, 0.5) is 0 Å². The lowest BCUT2D eigenvalue weighted by Crippen LogP contribution is -2.68. The van der Waals surface area contributed by atoms with Crippen LogP contribution in [0, 0.1) is 23.7 Å². The molecule has 0 radical (unpaired) electrons. The van der Waals surface area contributed by atoms with Gasteiger partial charge in [0.2, 0.25) is 5.79 Å². The van der Waals surface area contributed by atoms with Crippen molar-refractivity contribution in [1.29, 1.82) is 0 Å². The van der Waals surface area contributed by atoms with Crippen molar-refractivity contribution in [1.82, 2.24) is 0 Å². The molecule has 5 rings (SSSR count). The molecule has 19 heavy (non-hydrogen) atoms. The van der Waals surface area contributed by atoms with E-state index in [9.17, 15) is 0 Å². The van der Waals surface area contributed by atoms with E-state index in [0.29, 0.717) is 23.7 Å². The van der Waals surface area contributed by atoms with Crippen LogP contribution in [0.2, 0.25) is 0 Å². The Morgan fingerprint density at radius 1 is 0.947 bits per heavy atom. The van der Waals surface area contributed by atoms with Crippen LogP contribution in [0.1, 0.15) is 46.5 Å². The molecular weight excluding hydrogens is 244 g/mol. The first kappa shape index (κ1) is 12.6. The van der Waals surface area contributed by atoms with Gasteiger partial charge in [0.25, 0.3) is 0 Å². The van der Waals surface area contributed by atoms with Gasteiger partial charge in [0.1, 0.15) is 0 Å². The summed E-state index contributed by atoms with van der Waals surface area (Å²) < 4.78 is 12.2. The van der Waals surface area contributed by atoms with Crippen molar-refractivity contribution < 1.29 is 19.2 Å². The fourth-order valence-corrected chi connectivity index (χ4v) is 4.88. The van der Waals surface area contributed by atoms with Gasteiger partial charge in [-0.15, -0.1) is 0 Å². The van der Waals surface area contributed by atoms with E-state index in [1.165, 1.54) is 12.8 Å². The molecule has 1 saturated carbocycles. The van der Waals surface area contributed by atoms with Crippen molar-refractivity contribution in [2.24, 2.45) is 23.7 Å². The maximum atomic E-state index is 6.16. The zero-order valence-corrected chi connectivity index (χ0v) is 12.1. The minimum atomic E-state index is -0.627. The smallest absolute Gasteiger partial charge is 0.201 e. The van der Waals surface area contributed by atoms with Gasteiger partial charge in [0.15, 0.2) is 11.9 Å². The monoisotopic (exact) mass is 268 g/mol. The van der Waals surface area contributed by atoms with E-state index in [4.69, 9.17) is 19.2 Å². The van der Waals surface area contributed by atoms with Gasteiger partial charge in [-0.3, -0.25) is 0 Å². The van der Waals surface area contributed by atoms with E-state index >= 15 is 0 Å². The quantitative estimate of drug-likeness (QED) is 0.633. The third kappa shape index (κ3) is 1.54. The molecule has 0 aromatic carbocycles. The molecule has 4 unspecified atom stereocenters. The van der Waals surface area contributed by atoms with Gasteiger partial charge >= 0.3 is 0 Å². The van der Waals surface area contributed by atoms with Crippen molar-refractivity contribution in [3.8, 4) is 0 Å². The molecule has 4 aliphatic heterocycles. The van der Waals surface area contributed by atoms with Crippen LogP contribution in [0.3, 0.4) is 0 Å². The predicted molar refractivity (Wildman–Crippen MR) is 67.9 cm³/mol. The minimum absolute atomic E-state index is 0.248. The second-order valence-corrected chi connectivity index (χ2v) is 7.22. The molecule has 1 spiro atoms. The molecule has 4 heteroatoms. The number of ether oxygens (including phenoxy) is 2. The van der Waals surface area contributed by atoms with Crippen molar-refractivity contribution in [2.75, 3.05) is 6.61 Å². The Hall–Kier alpha value is -0.160. The van der Waals surface area contributed by atoms with Crippen LogP contribution >= 0.6 is 0 Å². The zero-order valence-electron chi connectivity index (χ0n) is 12.1. The van der Waals surface area contributed by atoms with Crippen molar-refractivity contribution >= 4 is 0 Å². The van der Waals surface area contributed by atoms with E-state index < -0.39 is 5.79 Å². The van der Waals surface area contributed by atoms with E-state index in [1.54, 1.807) is 0 Å². The van der Waals surface area contributed by atoms with Crippen LogP contribution in [-0.2, 0) is 19.2 Å². The van der Waals surface area contributed by atoms with Crippen molar-refractivity contribution in [3.05, 3.63) is 0 Å². The van der Waals surface area contributed by atoms with E-state index in [0.717, 1.165) is 19.4 Å². The van der Waals surface area contributed by atoms with Crippen LogP contribution in [0.25, 0.3) is 0 Å². The lowest BCUT2D eigenvalue weighted by Gasteiger charge is -2.58. The molecule has 4 saturated heterocycles. The first-order valence-corrected chi connectivity index (χ1v) is 7.71. The van der Waals surface area contributed by atoms with Gasteiger partial charge < -0.3 is 9.47 Å². The highest BCUT2D eigenvalue weighted by Crippen LogP contribution is 2.59. The first-order valence-electron chi connectivity index (χ1n) is 7.71. The van der Waals surface area contributed by atoms with Crippen molar-refractivity contribution in [3.63, 3.8) is 0 Å². The van der Waals surface area contributed by atoms with E-state index in [1.807, 2.05) is 6.92 Å². The fraction of sp³-hybridized carbons (Fsp3) is 1.00. The van der Waals surface area contributed by atoms with Crippen LogP contribution in [0.5, 0.6) is 0 Å². The Morgan fingerprint density at radius 3 is 2.58 bits per heavy atom. The number of rotatable bonds is 0. The van der Waals surface area contributed by atoms with Gasteiger partial charge in [0, 0.05) is 12.3 Å². The summed E-state index contributed by atoms with van der Waals surface area (Å²) in [6, 6.07) is 0. The van der Waals surface area contributed by atoms with Gasteiger partial charge in [-0.2, -0.15) is 0 Å². The average molecular weight is 268 g/mol. The Labute approximate surface area is 114 Å². The lowest BCUT2D eigenvalue weighted by atomic mass is 9.58.